The van der Waals surface area contributed by atoms with Gasteiger partial charge in [0.15, 0.2) is 0 Å². The van der Waals surface area contributed by atoms with Crippen molar-refractivity contribution in [1.82, 2.24) is 20.2 Å². The Labute approximate surface area is 306 Å². The van der Waals surface area contributed by atoms with Crippen molar-refractivity contribution in [2.24, 2.45) is 17.3 Å². The van der Waals surface area contributed by atoms with Gasteiger partial charge in [-0.05, 0) is 140 Å². The van der Waals surface area contributed by atoms with Crippen LogP contribution in [-0.2, 0) is 11.2 Å². The maximum Gasteiger partial charge on any atom is 0.326 e. The van der Waals surface area contributed by atoms with Gasteiger partial charge in [0.2, 0.25) is 5.91 Å². The number of hydrogen-bond donors (Lipinski definition) is 4. The van der Waals surface area contributed by atoms with E-state index in [4.69, 9.17) is 0 Å². The van der Waals surface area contributed by atoms with Crippen molar-refractivity contribution >= 4 is 44.5 Å². The highest BCUT2D eigenvalue weighted by Gasteiger charge is 2.61. The second-order valence-corrected chi connectivity index (χ2v) is 16.2. The Balaban J connectivity index is 0.813. The fourth-order valence-corrected chi connectivity index (χ4v) is 10.9. The molecule has 8 heteroatoms. The molecule has 3 aromatic carbocycles. The number of pyridine rings is 1. The second-order valence-electron chi connectivity index (χ2n) is 16.2. The fraction of sp³-hybridized carbons (Fsp3) is 0.477. The summed E-state index contributed by atoms with van der Waals surface area (Å²) in [6, 6.07) is 15.9. The largest absolute Gasteiger partial charge is 0.508 e. The summed E-state index contributed by atoms with van der Waals surface area (Å²) in [5.41, 5.74) is 5.49. The number of benzene rings is 3. The number of amides is 2. The molecule has 8 rings (SSSR count). The number of aromatic nitrogens is 2. The lowest BCUT2D eigenvalue weighted by Crippen LogP contribution is -2.52. The van der Waals surface area contributed by atoms with Crippen LogP contribution in [0.2, 0.25) is 0 Å². The molecule has 2 saturated carbocycles. The molecule has 8 nitrogen and oxygen atoms in total. The Bertz CT molecular complexity index is 2190. The van der Waals surface area contributed by atoms with E-state index in [0.717, 1.165) is 101 Å². The van der Waals surface area contributed by atoms with Gasteiger partial charge in [0.25, 0.3) is 0 Å². The number of aliphatic hydroxyl groups is 1. The second kappa shape index (κ2) is 13.5. The number of phenolic OH excluding ortho intramolecular Hbond substituents is 1. The number of nitrogens with zero attached hydrogens (tertiary/aromatic N) is 2. The van der Waals surface area contributed by atoms with Crippen LogP contribution in [0, 0.1) is 31.1 Å². The first kappa shape index (κ1) is 34.6. The number of carbonyl (C=O) groups is 2. The van der Waals surface area contributed by atoms with Crippen LogP contribution in [-0.4, -0.2) is 50.4 Å². The predicted molar refractivity (Wildman–Crippen MR) is 207 cm³/mol. The first-order valence-electron chi connectivity index (χ1n) is 19.5. The summed E-state index contributed by atoms with van der Waals surface area (Å²) in [6.45, 7) is 7.62. The zero-order valence-corrected chi connectivity index (χ0v) is 30.8. The summed E-state index contributed by atoms with van der Waals surface area (Å²) in [5.74, 6) is 1.70. The maximum atomic E-state index is 13.7. The van der Waals surface area contributed by atoms with Gasteiger partial charge in [-0.2, -0.15) is 0 Å². The van der Waals surface area contributed by atoms with E-state index in [9.17, 15) is 19.8 Å². The standard InChI is InChI=1S/C44H52N4O4/c1-27-36-26-45-23-18-31(36)28(2)41-40(27)35-10-6-7-11-38(35)48(41)42(51)47-22-9-5-4-8-21-46-39(50)25-44(52)20-17-37-34-14-12-29-24-30(49)13-15-32(29)33(34)16-19-43(37,44)3/h6-7,10-11,13,15,18,23-24,26,33-34,37,49,52H,4-5,8-9,12,14,16-17,19-22,25H2,1-3H3,(H,46,50)(H,47,51)/t33-,34-,37+,43+,44-/m1/s1. The predicted octanol–water partition coefficient (Wildman–Crippen LogP) is 8.58. The Morgan fingerprint density at radius 2 is 1.69 bits per heavy atom. The van der Waals surface area contributed by atoms with E-state index in [1.54, 1.807) is 0 Å². The van der Waals surface area contributed by atoms with Crippen LogP contribution in [0.4, 0.5) is 4.79 Å². The van der Waals surface area contributed by atoms with Gasteiger partial charge in [-0.1, -0.05) is 44.0 Å². The summed E-state index contributed by atoms with van der Waals surface area (Å²) in [7, 11) is 0. The molecule has 0 spiro atoms. The van der Waals surface area contributed by atoms with Gasteiger partial charge in [0.1, 0.15) is 5.75 Å². The van der Waals surface area contributed by atoms with Crippen molar-refractivity contribution in [3.8, 4) is 5.75 Å². The molecule has 5 atom stereocenters. The summed E-state index contributed by atoms with van der Waals surface area (Å²) in [5, 5.41) is 32.7. The highest BCUT2D eigenvalue weighted by atomic mass is 16.3. The van der Waals surface area contributed by atoms with Gasteiger partial charge in [-0.3, -0.25) is 14.3 Å². The Morgan fingerprint density at radius 3 is 2.52 bits per heavy atom. The van der Waals surface area contributed by atoms with Crippen LogP contribution in [0.25, 0.3) is 32.6 Å². The average molecular weight is 701 g/mol. The van der Waals surface area contributed by atoms with Crippen LogP contribution in [0.15, 0.2) is 60.9 Å². The normalized spacial score (nSPS) is 25.2. The van der Waals surface area contributed by atoms with Crippen LogP contribution in [0.3, 0.4) is 0 Å². The molecule has 3 aliphatic rings. The third kappa shape index (κ3) is 5.65. The Kier molecular flexibility index (Phi) is 9.01. The molecule has 4 N–H and O–H groups in total. The zero-order valence-electron chi connectivity index (χ0n) is 30.8. The maximum absolute atomic E-state index is 13.7. The average Bonchev–Trinajstić information content (AvgIpc) is 3.63. The number of nitrogens with one attached hydrogen (secondary N) is 2. The zero-order chi connectivity index (χ0) is 36.2. The van der Waals surface area contributed by atoms with Crippen LogP contribution >= 0.6 is 0 Å². The molecule has 2 heterocycles. The number of para-hydroxylation sites is 1. The molecule has 3 aliphatic carbocycles. The summed E-state index contributed by atoms with van der Waals surface area (Å²) in [6.07, 6.45) is 13.2. The van der Waals surface area contributed by atoms with E-state index >= 15 is 0 Å². The van der Waals surface area contributed by atoms with Gasteiger partial charge < -0.3 is 20.8 Å². The smallest absolute Gasteiger partial charge is 0.326 e. The van der Waals surface area contributed by atoms with E-state index < -0.39 is 5.60 Å². The Hall–Kier alpha value is -4.43. The van der Waals surface area contributed by atoms with Crippen molar-refractivity contribution in [2.45, 2.75) is 103 Å². The van der Waals surface area contributed by atoms with Crippen molar-refractivity contribution < 1.29 is 19.8 Å². The number of rotatable bonds is 9. The molecule has 0 saturated heterocycles. The quantitative estimate of drug-likeness (QED) is 0.115. The first-order chi connectivity index (χ1) is 25.1. The molecule has 52 heavy (non-hydrogen) atoms. The Morgan fingerprint density at radius 1 is 0.904 bits per heavy atom. The number of phenols is 1. The number of carbonyl (C=O) groups excluding carboxylic acids is 2. The van der Waals surface area contributed by atoms with E-state index in [-0.39, 0.29) is 23.8 Å². The third-order valence-corrected chi connectivity index (χ3v) is 13.6. The molecular formula is C44H52N4O4. The minimum atomic E-state index is -0.974. The monoisotopic (exact) mass is 700 g/mol. The van der Waals surface area contributed by atoms with Crippen LogP contribution in [0.5, 0.6) is 5.75 Å². The molecule has 0 radical (unpaired) electrons. The van der Waals surface area contributed by atoms with Crippen LogP contribution < -0.4 is 10.6 Å². The number of unbranched alkanes of at least 4 members (excludes halogenated alkanes) is 3. The molecule has 0 unspecified atom stereocenters. The number of aryl methyl sites for hydroxylation is 3. The van der Waals surface area contributed by atoms with Gasteiger partial charge in [-0.15, -0.1) is 0 Å². The highest BCUT2D eigenvalue weighted by Crippen LogP contribution is 2.65. The number of aromatic hydroxyl groups is 1. The van der Waals surface area contributed by atoms with Gasteiger partial charge in [0.05, 0.1) is 23.1 Å². The minimum absolute atomic E-state index is 0.0519. The van der Waals surface area contributed by atoms with Crippen molar-refractivity contribution in [3.63, 3.8) is 0 Å². The van der Waals surface area contributed by atoms with Gasteiger partial charge in [0, 0.05) is 41.6 Å². The van der Waals surface area contributed by atoms with Crippen molar-refractivity contribution in [1.29, 1.82) is 0 Å². The summed E-state index contributed by atoms with van der Waals surface area (Å²) in [4.78, 5) is 31.3. The lowest BCUT2D eigenvalue weighted by atomic mass is 9.53. The third-order valence-electron chi connectivity index (χ3n) is 13.6. The van der Waals surface area contributed by atoms with Crippen LogP contribution in [0.1, 0.15) is 99.3 Å². The molecule has 2 aromatic heterocycles. The SMILES string of the molecule is Cc1c2cnccc2c(C)c2c1c1ccccc1n2C(=O)NCCCCCCNC(=O)C[C@]1(O)CC[C@H]2[C@@H]3CCc4cc(O)ccc4[C@H]3CC[C@@]21C. The molecular weight excluding hydrogens is 649 g/mol. The summed E-state index contributed by atoms with van der Waals surface area (Å²) >= 11 is 0. The van der Waals surface area contributed by atoms with E-state index in [0.29, 0.717) is 43.0 Å². The van der Waals surface area contributed by atoms with E-state index in [1.165, 1.54) is 11.1 Å². The van der Waals surface area contributed by atoms with Crippen molar-refractivity contribution in [2.75, 3.05) is 13.1 Å². The topological polar surface area (TPSA) is 116 Å². The molecule has 5 aromatic rings. The van der Waals surface area contributed by atoms with Crippen molar-refractivity contribution in [3.05, 3.63) is 83.2 Å². The van der Waals surface area contributed by atoms with E-state index in [2.05, 4.69) is 48.5 Å². The molecule has 0 aliphatic heterocycles. The fourth-order valence-electron chi connectivity index (χ4n) is 10.9. The lowest BCUT2D eigenvalue weighted by molar-refractivity contribution is -0.139. The summed E-state index contributed by atoms with van der Waals surface area (Å²) < 4.78 is 1.84. The lowest BCUT2D eigenvalue weighted by Gasteiger charge is -2.53. The number of fused-ring (bicyclic) bond motifs is 9. The first-order valence-corrected chi connectivity index (χ1v) is 19.5. The molecule has 2 amide bonds. The minimum Gasteiger partial charge on any atom is -0.508 e. The van der Waals surface area contributed by atoms with E-state index in [1.807, 2.05) is 53.4 Å². The molecule has 0 bridgehead atoms. The highest BCUT2D eigenvalue weighted by molar-refractivity contribution is 6.20. The van der Waals surface area contributed by atoms with Gasteiger partial charge >= 0.3 is 6.03 Å². The molecule has 2 fully saturated rings. The number of hydrogen-bond acceptors (Lipinski definition) is 5. The van der Waals surface area contributed by atoms with Gasteiger partial charge in [-0.25, -0.2) is 4.79 Å². The molecule has 272 valence electrons.